The quantitative estimate of drug-likeness (QED) is 0.431. The molecule has 1 N–H and O–H groups in total. The third kappa shape index (κ3) is 5.23. The van der Waals surface area contributed by atoms with Gasteiger partial charge in [0, 0.05) is 17.7 Å². The Hall–Kier alpha value is -3.45. The summed E-state index contributed by atoms with van der Waals surface area (Å²) in [6.45, 7) is 0.646. The van der Waals surface area contributed by atoms with E-state index < -0.39 is 5.82 Å². The molecule has 3 aromatic rings. The van der Waals surface area contributed by atoms with Crippen molar-refractivity contribution >= 4 is 29.8 Å². The topological polar surface area (TPSA) is 61.8 Å². The first kappa shape index (κ1) is 21.8. The van der Waals surface area contributed by atoms with Crippen LogP contribution in [0.4, 0.5) is 4.39 Å². The van der Waals surface area contributed by atoms with E-state index in [2.05, 4.69) is 22.7 Å². The number of hydrogen-bond acceptors (Lipinski definition) is 4. The minimum Gasteiger partial charge on any atom is -0.326 e. The van der Waals surface area contributed by atoms with Crippen LogP contribution in [-0.4, -0.2) is 35.2 Å². The summed E-state index contributed by atoms with van der Waals surface area (Å²) in [5, 5.41) is 3.76. The summed E-state index contributed by atoms with van der Waals surface area (Å²) in [4.78, 5) is 26.6. The van der Waals surface area contributed by atoms with Gasteiger partial charge in [-0.15, -0.1) is 11.8 Å². The molecule has 4 rings (SSSR count). The Morgan fingerprint density at radius 1 is 1.06 bits per heavy atom. The third-order valence-electron chi connectivity index (χ3n) is 5.19. The molecule has 162 valence electrons. The molecule has 0 spiro atoms. The molecule has 1 aliphatic rings. The van der Waals surface area contributed by atoms with Crippen molar-refractivity contribution in [2.75, 3.05) is 12.3 Å². The van der Waals surface area contributed by atoms with E-state index in [9.17, 15) is 14.0 Å². The summed E-state index contributed by atoms with van der Waals surface area (Å²) in [6.07, 6.45) is 2.07. The van der Waals surface area contributed by atoms with Crippen LogP contribution in [0.3, 0.4) is 0 Å². The largest absolute Gasteiger partial charge is 0.326 e. The van der Waals surface area contributed by atoms with Crippen LogP contribution in [-0.2, 0) is 11.2 Å². The highest BCUT2D eigenvalue weighted by atomic mass is 32.2. The van der Waals surface area contributed by atoms with Gasteiger partial charge in [-0.2, -0.15) is 5.10 Å². The van der Waals surface area contributed by atoms with Crippen molar-refractivity contribution < 1.29 is 14.0 Å². The standard InChI is InChI=1S/C25H22FN3O2S/c26-22-9-5-4-8-21(22)16-27-28-24(31)19-10-12-20(13-11-19)25-29(23(30)17-32-25)15-14-18-6-2-1-3-7-18/h1-13,16,25H,14-15,17H2,(H,28,31)/b27-16-/t25-/m1/s1. The van der Waals surface area contributed by atoms with E-state index in [1.54, 1.807) is 42.1 Å². The first-order valence-corrected chi connectivity index (χ1v) is 11.3. The molecule has 7 heteroatoms. The molecule has 2 amide bonds. The van der Waals surface area contributed by atoms with E-state index in [1.807, 2.05) is 35.2 Å². The lowest BCUT2D eigenvalue weighted by molar-refractivity contribution is -0.128. The SMILES string of the molecule is O=C(N/N=C\c1ccccc1F)c1ccc([C@H]2SCC(=O)N2CCc2ccccc2)cc1. The predicted molar refractivity (Wildman–Crippen MR) is 125 cm³/mol. The van der Waals surface area contributed by atoms with Gasteiger partial charge in [-0.25, -0.2) is 9.82 Å². The van der Waals surface area contributed by atoms with E-state index >= 15 is 0 Å². The summed E-state index contributed by atoms with van der Waals surface area (Å²) < 4.78 is 13.6. The van der Waals surface area contributed by atoms with Gasteiger partial charge < -0.3 is 4.90 Å². The van der Waals surface area contributed by atoms with E-state index in [1.165, 1.54) is 17.8 Å². The fourth-order valence-corrected chi connectivity index (χ4v) is 4.69. The molecule has 1 atom stereocenters. The van der Waals surface area contributed by atoms with Gasteiger partial charge in [0.15, 0.2) is 0 Å². The number of hydrazone groups is 1. The van der Waals surface area contributed by atoms with E-state index in [0.29, 0.717) is 23.4 Å². The smallest absolute Gasteiger partial charge is 0.271 e. The summed E-state index contributed by atoms with van der Waals surface area (Å²) >= 11 is 1.59. The predicted octanol–water partition coefficient (Wildman–Crippen LogP) is 4.41. The Bertz CT molecular complexity index is 1120. The molecule has 0 radical (unpaired) electrons. The van der Waals surface area contributed by atoms with Gasteiger partial charge in [0.1, 0.15) is 11.2 Å². The number of nitrogens with one attached hydrogen (secondary N) is 1. The van der Waals surface area contributed by atoms with Crippen LogP contribution < -0.4 is 5.43 Å². The average molecular weight is 448 g/mol. The molecule has 1 fully saturated rings. The minimum absolute atomic E-state index is 0.0672. The molecule has 1 heterocycles. The van der Waals surface area contributed by atoms with Gasteiger partial charge in [-0.1, -0.05) is 60.7 Å². The summed E-state index contributed by atoms with van der Waals surface area (Å²) in [6, 6.07) is 23.4. The zero-order valence-electron chi connectivity index (χ0n) is 17.3. The number of amides is 2. The number of nitrogens with zero attached hydrogens (tertiary/aromatic N) is 2. The number of benzene rings is 3. The van der Waals surface area contributed by atoms with Crippen LogP contribution >= 0.6 is 11.8 Å². The first-order valence-electron chi connectivity index (χ1n) is 10.2. The monoisotopic (exact) mass is 447 g/mol. The van der Waals surface area contributed by atoms with Gasteiger partial charge in [-0.05, 0) is 35.7 Å². The van der Waals surface area contributed by atoms with Crippen molar-refractivity contribution in [3.63, 3.8) is 0 Å². The molecule has 5 nitrogen and oxygen atoms in total. The van der Waals surface area contributed by atoms with Gasteiger partial charge in [0.25, 0.3) is 5.91 Å². The molecule has 32 heavy (non-hydrogen) atoms. The molecule has 0 saturated carbocycles. The van der Waals surface area contributed by atoms with E-state index in [0.717, 1.165) is 12.0 Å². The molecule has 0 aliphatic carbocycles. The summed E-state index contributed by atoms with van der Waals surface area (Å²) in [7, 11) is 0. The first-order chi connectivity index (χ1) is 15.6. The highest BCUT2D eigenvalue weighted by molar-refractivity contribution is 8.00. The zero-order chi connectivity index (χ0) is 22.3. The van der Waals surface area contributed by atoms with Gasteiger partial charge in [-0.3, -0.25) is 9.59 Å². The maximum atomic E-state index is 13.6. The Labute approximate surface area is 190 Å². The van der Waals surface area contributed by atoms with Crippen molar-refractivity contribution in [3.8, 4) is 0 Å². The highest BCUT2D eigenvalue weighted by Crippen LogP contribution is 2.38. The lowest BCUT2D eigenvalue weighted by atomic mass is 10.1. The number of thioether (sulfide) groups is 1. The Morgan fingerprint density at radius 2 is 1.78 bits per heavy atom. The van der Waals surface area contributed by atoms with Crippen molar-refractivity contribution in [2.45, 2.75) is 11.8 Å². The lowest BCUT2D eigenvalue weighted by Gasteiger charge is -2.24. The van der Waals surface area contributed by atoms with Crippen LogP contribution in [0.25, 0.3) is 0 Å². The number of carbonyl (C=O) groups is 2. The minimum atomic E-state index is -0.407. The fraction of sp³-hybridized carbons (Fsp3) is 0.160. The van der Waals surface area contributed by atoms with Gasteiger partial charge in [0.05, 0.1) is 12.0 Å². The van der Waals surface area contributed by atoms with Crippen molar-refractivity contribution in [3.05, 3.63) is 107 Å². The zero-order valence-corrected chi connectivity index (χ0v) is 18.1. The second-order valence-corrected chi connectivity index (χ2v) is 8.40. The molecule has 3 aromatic carbocycles. The second kappa shape index (κ2) is 10.2. The normalized spacial score (nSPS) is 16.0. The molecular formula is C25H22FN3O2S. The van der Waals surface area contributed by atoms with Gasteiger partial charge >= 0.3 is 0 Å². The molecule has 0 unspecified atom stereocenters. The van der Waals surface area contributed by atoms with Crippen LogP contribution in [0.2, 0.25) is 0 Å². The second-order valence-electron chi connectivity index (χ2n) is 7.33. The number of halogens is 1. The maximum Gasteiger partial charge on any atom is 0.271 e. The van der Waals surface area contributed by atoms with Crippen molar-refractivity contribution in [1.82, 2.24) is 10.3 Å². The van der Waals surface area contributed by atoms with Crippen LogP contribution in [0.1, 0.15) is 32.4 Å². The molecular weight excluding hydrogens is 425 g/mol. The maximum absolute atomic E-state index is 13.6. The van der Waals surface area contributed by atoms with E-state index in [-0.39, 0.29) is 17.2 Å². The number of rotatable bonds is 7. The Balaban J connectivity index is 1.38. The molecule has 0 aromatic heterocycles. The van der Waals surface area contributed by atoms with Crippen LogP contribution in [0, 0.1) is 5.82 Å². The molecule has 1 aliphatic heterocycles. The number of carbonyl (C=O) groups excluding carboxylic acids is 2. The van der Waals surface area contributed by atoms with Gasteiger partial charge in [0.2, 0.25) is 5.91 Å². The number of hydrogen-bond donors (Lipinski definition) is 1. The average Bonchev–Trinajstić information content (AvgIpc) is 3.20. The Morgan fingerprint density at radius 3 is 2.53 bits per heavy atom. The lowest BCUT2D eigenvalue weighted by Crippen LogP contribution is -2.30. The summed E-state index contributed by atoms with van der Waals surface area (Å²) in [5.74, 6) is -0.220. The Kier molecular flexibility index (Phi) is 6.97. The third-order valence-corrected chi connectivity index (χ3v) is 6.44. The molecule has 0 bridgehead atoms. The van der Waals surface area contributed by atoms with Crippen molar-refractivity contribution in [1.29, 1.82) is 0 Å². The summed E-state index contributed by atoms with van der Waals surface area (Å²) in [5.41, 5.74) is 5.31. The van der Waals surface area contributed by atoms with E-state index in [4.69, 9.17) is 0 Å². The van der Waals surface area contributed by atoms with Crippen molar-refractivity contribution in [2.24, 2.45) is 5.10 Å². The molecule has 1 saturated heterocycles. The highest BCUT2D eigenvalue weighted by Gasteiger charge is 2.32. The van der Waals surface area contributed by atoms with Crippen LogP contribution in [0.15, 0.2) is 84.0 Å². The van der Waals surface area contributed by atoms with Crippen LogP contribution in [0.5, 0.6) is 0 Å². The fourth-order valence-electron chi connectivity index (χ4n) is 3.47.